The third kappa shape index (κ3) is 1.42. The highest BCUT2D eigenvalue weighted by atomic mass is 79.9. The summed E-state index contributed by atoms with van der Waals surface area (Å²) in [6.45, 7) is 0. The summed E-state index contributed by atoms with van der Waals surface area (Å²) < 4.78 is 0.949. The largest absolute Gasteiger partial charge is 0.351 e. The van der Waals surface area contributed by atoms with Crippen molar-refractivity contribution in [1.29, 1.82) is 0 Å². The van der Waals surface area contributed by atoms with Crippen LogP contribution in [0.5, 0.6) is 0 Å². The molecule has 1 aliphatic carbocycles. The van der Waals surface area contributed by atoms with Crippen LogP contribution >= 0.6 is 27.5 Å². The number of Topliss-reactive ketones (excluding diaryl/α,β-unsaturated/α-hetero) is 1. The number of benzene rings is 1. The average molecular weight is 299 g/mol. The first-order chi connectivity index (χ1) is 7.66. The molecule has 0 saturated heterocycles. The molecule has 0 amide bonds. The third-order valence-corrected chi connectivity index (χ3v) is 3.80. The summed E-state index contributed by atoms with van der Waals surface area (Å²) in [4.78, 5) is 14.9. The Kier molecular flexibility index (Phi) is 2.33. The summed E-state index contributed by atoms with van der Waals surface area (Å²) in [6, 6.07) is 3.87. The molecule has 0 fully saturated rings. The number of nitrogens with one attached hydrogen (secondary N) is 1. The second-order valence-electron chi connectivity index (χ2n) is 4.07. The van der Waals surface area contributed by atoms with Gasteiger partial charge in [0.15, 0.2) is 5.78 Å². The Hall–Kier alpha value is -0.800. The number of rotatable bonds is 0. The summed E-state index contributed by atoms with van der Waals surface area (Å²) in [7, 11) is 0. The maximum Gasteiger partial charge on any atom is 0.179 e. The Bertz CT molecular complexity index is 603. The first-order valence-corrected chi connectivity index (χ1v) is 6.36. The highest BCUT2D eigenvalue weighted by Gasteiger charge is 2.22. The van der Waals surface area contributed by atoms with Crippen LogP contribution in [0.1, 0.15) is 28.9 Å². The van der Waals surface area contributed by atoms with Gasteiger partial charge in [-0.2, -0.15) is 0 Å². The Morgan fingerprint density at radius 2 is 2.12 bits per heavy atom. The molecule has 0 unspecified atom stereocenters. The van der Waals surface area contributed by atoms with Crippen molar-refractivity contribution in [2.24, 2.45) is 0 Å². The molecule has 2 aromatic rings. The number of fused-ring (bicyclic) bond motifs is 3. The summed E-state index contributed by atoms with van der Waals surface area (Å²) in [5.74, 6) is 0.199. The monoisotopic (exact) mass is 297 g/mol. The van der Waals surface area contributed by atoms with Gasteiger partial charge in [0.05, 0.1) is 16.2 Å². The van der Waals surface area contributed by atoms with Crippen molar-refractivity contribution in [3.8, 4) is 0 Å². The summed E-state index contributed by atoms with van der Waals surface area (Å²) >= 11 is 9.58. The number of H-pyrrole nitrogens is 1. The molecule has 1 aromatic carbocycles. The Labute approximate surface area is 106 Å². The minimum atomic E-state index is 0.199. The van der Waals surface area contributed by atoms with E-state index in [1.165, 1.54) is 0 Å². The van der Waals surface area contributed by atoms with E-state index >= 15 is 0 Å². The number of carbonyl (C=O) groups is 1. The van der Waals surface area contributed by atoms with Crippen LogP contribution in [0.3, 0.4) is 0 Å². The van der Waals surface area contributed by atoms with Gasteiger partial charge in [-0.05, 0) is 30.5 Å². The average Bonchev–Trinajstić information content (AvgIpc) is 2.59. The van der Waals surface area contributed by atoms with Gasteiger partial charge in [0.1, 0.15) is 0 Å². The van der Waals surface area contributed by atoms with Gasteiger partial charge in [-0.15, -0.1) is 0 Å². The first-order valence-electron chi connectivity index (χ1n) is 5.19. The molecular formula is C12H9BrClNO. The van der Waals surface area contributed by atoms with Crippen molar-refractivity contribution in [2.75, 3.05) is 0 Å². The molecule has 0 bridgehead atoms. The normalized spacial score (nSPS) is 15.5. The molecule has 0 atom stereocenters. The third-order valence-electron chi connectivity index (χ3n) is 3.04. The van der Waals surface area contributed by atoms with Crippen molar-refractivity contribution >= 4 is 44.2 Å². The van der Waals surface area contributed by atoms with E-state index in [4.69, 9.17) is 11.6 Å². The number of ketones is 1. The van der Waals surface area contributed by atoms with Crippen molar-refractivity contribution in [1.82, 2.24) is 4.98 Å². The molecule has 16 heavy (non-hydrogen) atoms. The fourth-order valence-corrected chi connectivity index (χ4v) is 3.18. The molecule has 3 rings (SSSR count). The number of hydrogen-bond acceptors (Lipinski definition) is 1. The summed E-state index contributed by atoms with van der Waals surface area (Å²) in [5.41, 5.74) is 2.75. The van der Waals surface area contributed by atoms with Crippen LogP contribution in [-0.4, -0.2) is 10.8 Å². The lowest BCUT2D eigenvalue weighted by molar-refractivity contribution is 0.0968. The molecule has 0 aliphatic heterocycles. The molecule has 1 aliphatic rings. The topological polar surface area (TPSA) is 32.9 Å². The van der Waals surface area contributed by atoms with Crippen molar-refractivity contribution in [3.63, 3.8) is 0 Å². The molecule has 1 N–H and O–H groups in total. The number of aromatic nitrogens is 1. The minimum absolute atomic E-state index is 0.199. The van der Waals surface area contributed by atoms with Crippen LogP contribution in [0.4, 0.5) is 0 Å². The molecule has 4 heteroatoms. The number of carbonyl (C=O) groups excluding carboxylic acids is 1. The van der Waals surface area contributed by atoms with Crippen LogP contribution in [0.15, 0.2) is 16.6 Å². The quantitative estimate of drug-likeness (QED) is 0.780. The molecular weight excluding hydrogens is 289 g/mol. The van der Waals surface area contributed by atoms with Crippen LogP contribution < -0.4 is 0 Å². The van der Waals surface area contributed by atoms with Crippen LogP contribution in [0.25, 0.3) is 10.9 Å². The lowest BCUT2D eigenvalue weighted by atomic mass is 9.95. The van der Waals surface area contributed by atoms with Crippen molar-refractivity contribution < 1.29 is 4.79 Å². The SMILES string of the molecule is O=C1CCCc2c1[nH]c1c(Cl)cc(Br)cc21. The highest BCUT2D eigenvalue weighted by Crippen LogP contribution is 2.34. The standard InChI is InChI=1S/C12H9BrClNO/c13-6-4-8-7-2-1-3-10(16)12(7)15-11(8)9(14)5-6/h4-5,15H,1-3H2. The minimum Gasteiger partial charge on any atom is -0.351 e. The fourth-order valence-electron chi connectivity index (χ4n) is 2.32. The maximum absolute atomic E-state index is 11.8. The Morgan fingerprint density at radius 1 is 1.31 bits per heavy atom. The van der Waals surface area contributed by atoms with Gasteiger partial charge in [-0.3, -0.25) is 4.79 Å². The zero-order valence-electron chi connectivity index (χ0n) is 8.44. The van der Waals surface area contributed by atoms with Crippen LogP contribution in [-0.2, 0) is 6.42 Å². The van der Waals surface area contributed by atoms with E-state index in [-0.39, 0.29) is 5.78 Å². The molecule has 0 radical (unpaired) electrons. The lowest BCUT2D eigenvalue weighted by Gasteiger charge is -2.09. The molecule has 1 aromatic heterocycles. The maximum atomic E-state index is 11.8. The van der Waals surface area contributed by atoms with Gasteiger partial charge in [-0.25, -0.2) is 0 Å². The van der Waals surface area contributed by atoms with Crippen LogP contribution in [0.2, 0.25) is 5.02 Å². The second kappa shape index (κ2) is 3.60. The number of halogens is 2. The number of hydrogen-bond donors (Lipinski definition) is 1. The highest BCUT2D eigenvalue weighted by molar-refractivity contribution is 9.10. The van der Waals surface area contributed by atoms with Gasteiger partial charge in [0.25, 0.3) is 0 Å². The smallest absolute Gasteiger partial charge is 0.179 e. The second-order valence-corrected chi connectivity index (χ2v) is 5.39. The number of aromatic amines is 1. The molecule has 82 valence electrons. The Balaban J connectivity index is 2.40. The summed E-state index contributed by atoms with van der Waals surface area (Å²) in [5, 5.41) is 1.73. The van der Waals surface area contributed by atoms with E-state index in [9.17, 15) is 4.79 Å². The predicted octanol–water partition coefficient (Wildman–Crippen LogP) is 4.10. The zero-order valence-corrected chi connectivity index (χ0v) is 10.8. The lowest BCUT2D eigenvalue weighted by Crippen LogP contribution is -2.09. The fraction of sp³-hybridized carbons (Fsp3) is 0.250. The first kappa shape index (κ1) is 10.4. The van der Waals surface area contributed by atoms with Crippen molar-refractivity contribution in [3.05, 3.63) is 32.9 Å². The molecule has 1 heterocycles. The van der Waals surface area contributed by atoms with Gasteiger partial charge < -0.3 is 4.98 Å². The summed E-state index contributed by atoms with van der Waals surface area (Å²) in [6.07, 6.45) is 2.52. The van der Waals surface area contributed by atoms with E-state index in [2.05, 4.69) is 20.9 Å². The van der Waals surface area contributed by atoms with E-state index < -0.39 is 0 Å². The molecule has 0 saturated carbocycles. The van der Waals surface area contributed by atoms with E-state index in [1.54, 1.807) is 0 Å². The van der Waals surface area contributed by atoms with Crippen molar-refractivity contribution in [2.45, 2.75) is 19.3 Å². The van der Waals surface area contributed by atoms with Crippen LogP contribution in [0, 0.1) is 0 Å². The zero-order chi connectivity index (χ0) is 11.3. The number of aryl methyl sites for hydroxylation is 1. The van der Waals surface area contributed by atoms with Gasteiger partial charge in [-0.1, -0.05) is 27.5 Å². The predicted molar refractivity (Wildman–Crippen MR) is 68.3 cm³/mol. The Morgan fingerprint density at radius 3 is 2.94 bits per heavy atom. The van der Waals surface area contributed by atoms with Gasteiger partial charge >= 0.3 is 0 Å². The van der Waals surface area contributed by atoms with Gasteiger partial charge in [0, 0.05) is 16.3 Å². The van der Waals surface area contributed by atoms with E-state index in [1.807, 2.05) is 12.1 Å². The van der Waals surface area contributed by atoms with Gasteiger partial charge in [0.2, 0.25) is 0 Å². The van der Waals surface area contributed by atoms with E-state index in [0.29, 0.717) is 11.4 Å². The molecule has 2 nitrogen and oxygen atoms in total. The van der Waals surface area contributed by atoms with E-state index in [0.717, 1.165) is 39.5 Å². The molecule has 0 spiro atoms.